The van der Waals surface area contributed by atoms with Gasteiger partial charge in [-0.05, 0) is 41.5 Å². The molecule has 7 rings (SSSR count). The number of benzene rings is 3. The van der Waals surface area contributed by atoms with Crippen LogP contribution in [0.2, 0.25) is 0 Å². The summed E-state index contributed by atoms with van der Waals surface area (Å²) >= 11 is 0. The van der Waals surface area contributed by atoms with E-state index in [1.165, 1.54) is 6.33 Å². The van der Waals surface area contributed by atoms with Crippen LogP contribution in [-0.4, -0.2) is 19.2 Å². The molecule has 0 amide bonds. The summed E-state index contributed by atoms with van der Waals surface area (Å²) < 4.78 is 8.78. The average Bonchev–Trinajstić information content (AvgIpc) is 2.98. The number of hydrogen-bond acceptors (Lipinski definition) is 7. The number of hydrogen-bond donors (Lipinski definition) is 3. The minimum Gasteiger partial charge on any atom is -0.438 e. The Balaban J connectivity index is 1.74. The zero-order chi connectivity index (χ0) is 27.4. The maximum atomic E-state index is 13.5. The van der Waals surface area contributed by atoms with Gasteiger partial charge in [-0.2, -0.15) is 4.98 Å². The third-order valence-electron chi connectivity index (χ3n) is 6.98. The first-order valence-corrected chi connectivity index (χ1v) is 12.5. The van der Waals surface area contributed by atoms with Gasteiger partial charge in [0.25, 0.3) is 5.56 Å². The molecule has 2 aromatic heterocycles. The van der Waals surface area contributed by atoms with Crippen molar-refractivity contribution < 1.29 is 4.42 Å². The Labute approximate surface area is 226 Å². The minimum absolute atomic E-state index is 0.0272. The van der Waals surface area contributed by atoms with Crippen LogP contribution in [0, 0.1) is 10.8 Å². The van der Waals surface area contributed by atoms with Crippen LogP contribution in [0.5, 0.6) is 0 Å². The smallest absolute Gasteiger partial charge is 0.285 e. The van der Waals surface area contributed by atoms with E-state index in [4.69, 9.17) is 21.1 Å². The Bertz CT molecular complexity index is 2230. The van der Waals surface area contributed by atoms with E-state index < -0.39 is 5.56 Å². The van der Waals surface area contributed by atoms with Crippen molar-refractivity contribution in [2.75, 3.05) is 5.84 Å². The van der Waals surface area contributed by atoms with Crippen molar-refractivity contribution in [2.45, 2.75) is 0 Å². The van der Waals surface area contributed by atoms with Gasteiger partial charge in [-0.25, -0.2) is 9.66 Å². The van der Waals surface area contributed by atoms with Gasteiger partial charge < -0.3 is 10.3 Å². The molecule has 2 aliphatic heterocycles. The molecule has 4 heterocycles. The summed E-state index contributed by atoms with van der Waals surface area (Å²) in [5.74, 6) is 6.24. The van der Waals surface area contributed by atoms with Gasteiger partial charge in [0.1, 0.15) is 17.3 Å². The zero-order valence-corrected chi connectivity index (χ0v) is 21.0. The Hall–Kier alpha value is -5.83. The lowest BCUT2D eigenvalue weighted by Gasteiger charge is -2.24. The molecule has 5 aromatic rings. The SMILES string of the molecule is N=c1oc2ccccc2cc1-c1cc(-c2ccccc2)c2c3ncn(N)c(=N)c3c(=O)nc-2n1-c1ccccc1. The Morgan fingerprint density at radius 3 is 2.30 bits per heavy atom. The first-order valence-electron chi connectivity index (χ1n) is 12.5. The molecular weight excluding hydrogens is 502 g/mol. The van der Waals surface area contributed by atoms with Crippen LogP contribution in [0.15, 0.2) is 113 Å². The molecule has 0 saturated carbocycles. The number of fused-ring (bicyclic) bond motifs is 4. The molecule has 2 aliphatic rings. The van der Waals surface area contributed by atoms with Crippen LogP contribution < -0.4 is 22.4 Å². The van der Waals surface area contributed by atoms with Gasteiger partial charge in [0.2, 0.25) is 5.55 Å². The Morgan fingerprint density at radius 2 is 1.52 bits per heavy atom. The van der Waals surface area contributed by atoms with Crippen molar-refractivity contribution in [3.8, 4) is 39.5 Å². The molecule has 0 unspecified atom stereocenters. The highest BCUT2D eigenvalue weighted by Crippen LogP contribution is 2.40. The monoisotopic (exact) mass is 523 g/mol. The predicted octanol–water partition coefficient (Wildman–Crippen LogP) is 4.44. The normalized spacial score (nSPS) is 11.4. The van der Waals surface area contributed by atoms with E-state index in [0.717, 1.165) is 26.9 Å². The fraction of sp³-hybridized carbons (Fsp3) is 0. The number of rotatable bonds is 3. The van der Waals surface area contributed by atoms with E-state index in [9.17, 15) is 4.79 Å². The molecule has 0 bridgehead atoms. The first kappa shape index (κ1) is 23.3. The van der Waals surface area contributed by atoms with Gasteiger partial charge in [0, 0.05) is 11.1 Å². The number of nitrogens with zero attached hydrogens (tertiary/aromatic N) is 4. The Kier molecular flexibility index (Phi) is 5.17. The number of aromatic nitrogens is 4. The largest absolute Gasteiger partial charge is 0.438 e. The fourth-order valence-corrected chi connectivity index (χ4v) is 5.14. The van der Waals surface area contributed by atoms with Gasteiger partial charge in [-0.1, -0.05) is 66.7 Å². The highest BCUT2D eigenvalue weighted by molar-refractivity contribution is 6.01. The summed E-state index contributed by atoms with van der Waals surface area (Å²) in [7, 11) is 0. The molecule has 0 fully saturated rings. The Morgan fingerprint density at radius 1 is 0.825 bits per heavy atom. The van der Waals surface area contributed by atoms with Crippen LogP contribution in [0.1, 0.15) is 0 Å². The van der Waals surface area contributed by atoms with Gasteiger partial charge in [-0.3, -0.25) is 20.2 Å². The average molecular weight is 524 g/mol. The molecule has 9 nitrogen and oxygen atoms in total. The van der Waals surface area contributed by atoms with Crippen LogP contribution >= 0.6 is 0 Å². The molecule has 0 radical (unpaired) electrons. The molecule has 0 aliphatic carbocycles. The summed E-state index contributed by atoms with van der Waals surface area (Å²) in [6.45, 7) is 0. The van der Waals surface area contributed by atoms with E-state index in [2.05, 4.69) is 9.97 Å². The summed E-state index contributed by atoms with van der Waals surface area (Å²) in [5, 5.41) is 18.2. The molecule has 9 heteroatoms. The number of pyridine rings is 2. The first-order chi connectivity index (χ1) is 19.5. The quantitative estimate of drug-likeness (QED) is 0.232. The van der Waals surface area contributed by atoms with E-state index in [-0.39, 0.29) is 16.4 Å². The summed E-state index contributed by atoms with van der Waals surface area (Å²) in [6.07, 6.45) is 1.32. The second kappa shape index (κ2) is 8.88. The number of nitrogens with two attached hydrogens (primary N) is 1. The van der Waals surface area contributed by atoms with Crippen LogP contribution in [0.25, 0.3) is 61.3 Å². The van der Waals surface area contributed by atoms with Crippen molar-refractivity contribution in [2.24, 2.45) is 0 Å². The van der Waals surface area contributed by atoms with Crippen LogP contribution in [-0.2, 0) is 0 Å². The van der Waals surface area contributed by atoms with Crippen molar-refractivity contribution >= 4 is 21.9 Å². The molecule has 192 valence electrons. The lowest BCUT2D eigenvalue weighted by molar-refractivity contribution is 0.535. The zero-order valence-electron chi connectivity index (χ0n) is 21.0. The number of para-hydroxylation sites is 2. The summed E-state index contributed by atoms with van der Waals surface area (Å²) in [5.41, 5.74) is 4.16. The highest BCUT2D eigenvalue weighted by Gasteiger charge is 2.27. The number of nitrogens with one attached hydrogen (secondary N) is 2. The van der Waals surface area contributed by atoms with E-state index in [1.54, 1.807) is 0 Å². The van der Waals surface area contributed by atoms with Gasteiger partial charge in [0.05, 0.1) is 22.3 Å². The van der Waals surface area contributed by atoms with Crippen LogP contribution in [0.3, 0.4) is 0 Å². The van der Waals surface area contributed by atoms with Gasteiger partial charge >= 0.3 is 0 Å². The highest BCUT2D eigenvalue weighted by atomic mass is 16.3. The topological polar surface area (TPSA) is 140 Å². The number of nitrogen functional groups attached to an aromatic ring is 1. The lowest BCUT2D eigenvalue weighted by atomic mass is 9.94. The third kappa shape index (κ3) is 3.52. The van der Waals surface area contributed by atoms with Gasteiger partial charge in [0.15, 0.2) is 11.3 Å². The molecule has 40 heavy (non-hydrogen) atoms. The third-order valence-corrected chi connectivity index (χ3v) is 6.98. The molecule has 3 aromatic carbocycles. The molecule has 0 saturated heterocycles. The van der Waals surface area contributed by atoms with Gasteiger partial charge in [-0.15, -0.1) is 0 Å². The second-order valence-corrected chi connectivity index (χ2v) is 9.35. The van der Waals surface area contributed by atoms with Crippen molar-refractivity contribution in [1.29, 1.82) is 10.8 Å². The summed E-state index contributed by atoms with van der Waals surface area (Å²) in [4.78, 5) is 22.5. The molecule has 0 atom stereocenters. The fourth-order valence-electron chi connectivity index (χ4n) is 5.14. The summed E-state index contributed by atoms with van der Waals surface area (Å²) in [6, 6.07) is 30.6. The van der Waals surface area contributed by atoms with Crippen molar-refractivity contribution in [1.82, 2.24) is 19.2 Å². The van der Waals surface area contributed by atoms with Crippen LogP contribution in [0.4, 0.5) is 0 Å². The molecular formula is C31H21N7O2. The van der Waals surface area contributed by atoms with E-state index >= 15 is 0 Å². The van der Waals surface area contributed by atoms with Crippen molar-refractivity contribution in [3.05, 3.63) is 125 Å². The second-order valence-electron chi connectivity index (χ2n) is 9.35. The molecule has 0 spiro atoms. The maximum Gasteiger partial charge on any atom is 0.285 e. The van der Waals surface area contributed by atoms with E-state index in [1.807, 2.05) is 102 Å². The molecule has 4 N–H and O–H groups in total. The maximum absolute atomic E-state index is 13.5. The lowest BCUT2D eigenvalue weighted by Crippen LogP contribution is -2.32. The van der Waals surface area contributed by atoms with E-state index in [0.29, 0.717) is 33.7 Å². The minimum atomic E-state index is -0.616. The predicted molar refractivity (Wildman–Crippen MR) is 152 cm³/mol. The standard InChI is InChI=1S/C31H21N7O2/c32-28-26-27(35-17-37(28)34)25-21(18-9-3-1-4-10-18)16-23(22-15-19-11-7-8-14-24(19)40-29(22)33)38(30(25)36-31(26)39)20-12-5-2-6-13-20/h1-17,32-33H,34H2. The van der Waals surface area contributed by atoms with Crippen molar-refractivity contribution in [3.63, 3.8) is 0 Å².